The van der Waals surface area contributed by atoms with Crippen molar-refractivity contribution < 1.29 is 17.9 Å². The first-order valence-electron chi connectivity index (χ1n) is 6.03. The standard InChI is InChI=1S/C13H21NO4S/c1-14-12(10-19(3,15)16)11-6-4-5-7-13(11)18-9-8-17-2/h4-7,12,14H,8-10H2,1-3H3. The van der Waals surface area contributed by atoms with E-state index in [1.165, 1.54) is 6.26 Å². The van der Waals surface area contributed by atoms with Gasteiger partial charge in [0.25, 0.3) is 0 Å². The summed E-state index contributed by atoms with van der Waals surface area (Å²) < 4.78 is 33.4. The summed E-state index contributed by atoms with van der Waals surface area (Å²) >= 11 is 0. The van der Waals surface area contributed by atoms with E-state index < -0.39 is 9.84 Å². The molecule has 6 heteroatoms. The molecule has 0 heterocycles. The van der Waals surface area contributed by atoms with E-state index >= 15 is 0 Å². The fourth-order valence-corrected chi connectivity index (χ4v) is 2.72. The fourth-order valence-electron chi connectivity index (χ4n) is 1.77. The van der Waals surface area contributed by atoms with Crippen molar-refractivity contribution in [3.63, 3.8) is 0 Å². The molecule has 0 aromatic heterocycles. The number of hydrogen-bond donors (Lipinski definition) is 1. The van der Waals surface area contributed by atoms with Crippen molar-refractivity contribution >= 4 is 9.84 Å². The maximum Gasteiger partial charge on any atom is 0.149 e. The molecule has 0 saturated heterocycles. The molecule has 1 aromatic rings. The summed E-state index contributed by atoms with van der Waals surface area (Å²) in [6.07, 6.45) is 1.23. The van der Waals surface area contributed by atoms with Gasteiger partial charge in [0.1, 0.15) is 22.2 Å². The van der Waals surface area contributed by atoms with Gasteiger partial charge in [-0.2, -0.15) is 0 Å². The van der Waals surface area contributed by atoms with E-state index in [9.17, 15) is 8.42 Å². The maximum atomic E-state index is 11.4. The SMILES string of the molecule is CNC(CS(C)(=O)=O)c1ccccc1OCCOC. The predicted molar refractivity (Wildman–Crippen MR) is 75.3 cm³/mol. The molecule has 1 unspecified atom stereocenters. The van der Waals surface area contributed by atoms with Gasteiger partial charge in [-0.3, -0.25) is 0 Å². The smallest absolute Gasteiger partial charge is 0.149 e. The maximum absolute atomic E-state index is 11.4. The lowest BCUT2D eigenvalue weighted by Crippen LogP contribution is -2.25. The summed E-state index contributed by atoms with van der Waals surface area (Å²) in [7, 11) is 0.276. The molecule has 1 aromatic carbocycles. The zero-order valence-electron chi connectivity index (χ0n) is 11.5. The van der Waals surface area contributed by atoms with E-state index in [0.29, 0.717) is 19.0 Å². The minimum Gasteiger partial charge on any atom is -0.491 e. The third-order valence-electron chi connectivity index (χ3n) is 2.66. The Balaban J connectivity index is 2.90. The van der Waals surface area contributed by atoms with Gasteiger partial charge in [0.05, 0.1) is 12.4 Å². The molecule has 0 spiro atoms. The van der Waals surface area contributed by atoms with E-state index in [1.54, 1.807) is 14.2 Å². The van der Waals surface area contributed by atoms with Crippen molar-refractivity contribution in [1.29, 1.82) is 0 Å². The van der Waals surface area contributed by atoms with Gasteiger partial charge in [0.2, 0.25) is 0 Å². The van der Waals surface area contributed by atoms with Gasteiger partial charge >= 0.3 is 0 Å². The highest BCUT2D eigenvalue weighted by Gasteiger charge is 2.19. The highest BCUT2D eigenvalue weighted by atomic mass is 32.2. The van der Waals surface area contributed by atoms with Gasteiger partial charge in [-0.25, -0.2) is 8.42 Å². The van der Waals surface area contributed by atoms with Crippen LogP contribution < -0.4 is 10.1 Å². The molecule has 0 bridgehead atoms. The van der Waals surface area contributed by atoms with Crippen LogP contribution in [0.1, 0.15) is 11.6 Å². The molecule has 0 amide bonds. The van der Waals surface area contributed by atoms with Crippen LogP contribution in [0, 0.1) is 0 Å². The highest BCUT2D eigenvalue weighted by Crippen LogP contribution is 2.25. The van der Waals surface area contributed by atoms with E-state index in [-0.39, 0.29) is 11.8 Å². The van der Waals surface area contributed by atoms with Gasteiger partial charge in [0.15, 0.2) is 0 Å². The van der Waals surface area contributed by atoms with Crippen molar-refractivity contribution in [2.75, 3.05) is 39.4 Å². The van der Waals surface area contributed by atoms with Crippen molar-refractivity contribution in [3.8, 4) is 5.75 Å². The Labute approximate surface area is 114 Å². The lowest BCUT2D eigenvalue weighted by molar-refractivity contribution is 0.145. The molecule has 0 fully saturated rings. The van der Waals surface area contributed by atoms with E-state index in [2.05, 4.69) is 5.32 Å². The Morgan fingerprint density at radius 1 is 1.26 bits per heavy atom. The lowest BCUT2D eigenvalue weighted by Gasteiger charge is -2.19. The third-order valence-corrected chi connectivity index (χ3v) is 3.60. The van der Waals surface area contributed by atoms with Gasteiger partial charge in [-0.1, -0.05) is 18.2 Å². The minimum atomic E-state index is -3.07. The summed E-state index contributed by atoms with van der Waals surface area (Å²) in [5, 5.41) is 3.02. The number of rotatable bonds is 8. The largest absolute Gasteiger partial charge is 0.491 e. The number of methoxy groups -OCH3 is 1. The second-order valence-corrected chi connectivity index (χ2v) is 6.50. The fraction of sp³-hybridized carbons (Fsp3) is 0.538. The normalized spacial score (nSPS) is 13.2. The molecule has 1 rings (SSSR count). The van der Waals surface area contributed by atoms with Gasteiger partial charge in [-0.15, -0.1) is 0 Å². The molecule has 108 valence electrons. The van der Waals surface area contributed by atoms with Crippen LogP contribution in [0.15, 0.2) is 24.3 Å². The first kappa shape index (κ1) is 15.9. The lowest BCUT2D eigenvalue weighted by atomic mass is 10.1. The molecule has 0 aliphatic rings. The van der Waals surface area contributed by atoms with Gasteiger partial charge in [0, 0.05) is 25.0 Å². The highest BCUT2D eigenvalue weighted by molar-refractivity contribution is 7.90. The minimum absolute atomic E-state index is 0.0359. The number of sulfone groups is 1. The Morgan fingerprint density at radius 3 is 2.53 bits per heavy atom. The molecular formula is C13H21NO4S. The Bertz CT molecular complexity index is 487. The molecule has 0 saturated carbocycles. The van der Waals surface area contributed by atoms with Crippen LogP contribution in [0.5, 0.6) is 5.75 Å². The van der Waals surface area contributed by atoms with Crippen molar-refractivity contribution in [1.82, 2.24) is 5.32 Å². The topological polar surface area (TPSA) is 64.6 Å². The number of nitrogens with one attached hydrogen (secondary N) is 1. The van der Waals surface area contributed by atoms with E-state index in [1.807, 2.05) is 24.3 Å². The summed E-state index contributed by atoms with van der Waals surface area (Å²) in [6, 6.07) is 7.14. The van der Waals surface area contributed by atoms with Crippen LogP contribution in [0.4, 0.5) is 0 Å². The van der Waals surface area contributed by atoms with E-state index in [0.717, 1.165) is 5.56 Å². The van der Waals surface area contributed by atoms with Gasteiger partial charge < -0.3 is 14.8 Å². The predicted octanol–water partition coefficient (Wildman–Crippen LogP) is 1.02. The summed E-state index contributed by atoms with van der Waals surface area (Å²) in [6.45, 7) is 0.924. The van der Waals surface area contributed by atoms with E-state index in [4.69, 9.17) is 9.47 Å². The molecule has 19 heavy (non-hydrogen) atoms. The van der Waals surface area contributed by atoms with Crippen LogP contribution in [-0.2, 0) is 14.6 Å². The molecule has 5 nitrogen and oxygen atoms in total. The second-order valence-electron chi connectivity index (χ2n) is 4.31. The average Bonchev–Trinajstić information content (AvgIpc) is 2.36. The molecule has 0 radical (unpaired) electrons. The molecule has 0 aliphatic carbocycles. The first-order chi connectivity index (χ1) is 8.98. The van der Waals surface area contributed by atoms with Crippen molar-refractivity contribution in [3.05, 3.63) is 29.8 Å². The van der Waals surface area contributed by atoms with Crippen LogP contribution in [0.25, 0.3) is 0 Å². The first-order valence-corrected chi connectivity index (χ1v) is 8.09. The zero-order chi connectivity index (χ0) is 14.3. The quantitative estimate of drug-likeness (QED) is 0.723. The summed E-state index contributed by atoms with van der Waals surface area (Å²) in [5.74, 6) is 0.719. The summed E-state index contributed by atoms with van der Waals surface area (Å²) in [4.78, 5) is 0. The van der Waals surface area contributed by atoms with Crippen molar-refractivity contribution in [2.24, 2.45) is 0 Å². The second kappa shape index (κ2) is 7.47. The molecular weight excluding hydrogens is 266 g/mol. The zero-order valence-corrected chi connectivity index (χ0v) is 12.4. The molecule has 0 aliphatic heterocycles. The Morgan fingerprint density at radius 2 is 1.95 bits per heavy atom. The molecule has 1 N–H and O–H groups in total. The van der Waals surface area contributed by atoms with Gasteiger partial charge in [-0.05, 0) is 13.1 Å². The van der Waals surface area contributed by atoms with Crippen LogP contribution in [-0.4, -0.2) is 47.8 Å². The number of para-hydroxylation sites is 1. The van der Waals surface area contributed by atoms with Crippen molar-refractivity contribution in [2.45, 2.75) is 6.04 Å². The van der Waals surface area contributed by atoms with Crippen LogP contribution in [0.3, 0.4) is 0 Å². The molecule has 1 atom stereocenters. The summed E-state index contributed by atoms with van der Waals surface area (Å²) in [5.41, 5.74) is 0.839. The Kier molecular flexibility index (Phi) is 6.27. The number of hydrogen-bond acceptors (Lipinski definition) is 5. The third kappa shape index (κ3) is 5.59. The van der Waals surface area contributed by atoms with Crippen LogP contribution >= 0.6 is 0 Å². The Hall–Kier alpha value is -1.11. The average molecular weight is 287 g/mol. The number of ether oxygens (including phenoxy) is 2. The van der Waals surface area contributed by atoms with Crippen LogP contribution in [0.2, 0.25) is 0 Å². The number of benzene rings is 1. The monoisotopic (exact) mass is 287 g/mol.